The van der Waals surface area contributed by atoms with Gasteiger partial charge in [0.25, 0.3) is 0 Å². The van der Waals surface area contributed by atoms with Gasteiger partial charge in [-0.2, -0.15) is 0 Å². The molecule has 2 N–H and O–H groups in total. The van der Waals surface area contributed by atoms with Crippen LogP contribution in [0.15, 0.2) is 30.3 Å². The summed E-state index contributed by atoms with van der Waals surface area (Å²) in [5.74, 6) is -1.32. The van der Waals surface area contributed by atoms with Gasteiger partial charge in [-0.15, -0.1) is 0 Å². The number of nitrogens with one attached hydrogen (secondary N) is 1. The summed E-state index contributed by atoms with van der Waals surface area (Å²) in [4.78, 5) is 39.9. The van der Waals surface area contributed by atoms with Gasteiger partial charge in [-0.05, 0) is 6.07 Å². The number of aromatic nitrogens is 2. The fourth-order valence-electron chi connectivity index (χ4n) is 4.89. The van der Waals surface area contributed by atoms with Crippen LogP contribution in [-0.4, -0.2) is 32.4 Å². The Labute approximate surface area is 169 Å². The minimum Gasteiger partial charge on any atom is -0.481 e. The molecule has 0 saturated carbocycles. The highest BCUT2D eigenvalue weighted by Gasteiger charge is 2.34. The topological polar surface area (TPSA) is 101 Å². The van der Waals surface area contributed by atoms with Crippen LogP contribution < -0.4 is 0 Å². The second-order valence-corrected chi connectivity index (χ2v) is 7.66. The van der Waals surface area contributed by atoms with Crippen molar-refractivity contribution >= 4 is 56.5 Å². The number of hydrogen-bond donors (Lipinski definition) is 2. The molecule has 0 unspecified atom stereocenters. The van der Waals surface area contributed by atoms with Crippen molar-refractivity contribution in [2.75, 3.05) is 0 Å². The molecule has 6 rings (SSSR count). The number of Topliss-reactive ketones (excluding diaryl/α,β-unsaturated/α-hetero) is 1. The number of ketones is 1. The largest absolute Gasteiger partial charge is 0.481 e. The van der Waals surface area contributed by atoms with E-state index in [1.165, 1.54) is 0 Å². The first-order valence-electron chi connectivity index (χ1n) is 9.76. The number of cyclic esters (lactones) is 1. The number of fused-ring (bicyclic) bond motifs is 10. The standard InChI is InChI=1S/C23H16N2O5/c26-15-7-3-5-12-18-19-13(10-30-23(19)29)17-11-4-1-2-6-14(11)25(9-8-16(27)28)22(17)21(18)24-20(12)15/h1-6,24H,7-10H2,(H,27,28). The van der Waals surface area contributed by atoms with Gasteiger partial charge in [0.1, 0.15) is 6.61 Å². The van der Waals surface area contributed by atoms with Gasteiger partial charge in [-0.3, -0.25) is 9.59 Å². The number of carboxylic acids is 1. The van der Waals surface area contributed by atoms with Crippen molar-refractivity contribution in [2.24, 2.45) is 0 Å². The zero-order valence-corrected chi connectivity index (χ0v) is 15.8. The zero-order valence-electron chi connectivity index (χ0n) is 15.8. The number of aromatic amines is 1. The number of carboxylic acid groups (broad SMARTS) is 1. The number of ether oxygens (including phenoxy) is 1. The third-order valence-electron chi connectivity index (χ3n) is 6.07. The van der Waals surface area contributed by atoms with Crippen LogP contribution in [0.25, 0.3) is 38.8 Å². The van der Waals surface area contributed by atoms with E-state index in [1.807, 2.05) is 34.9 Å². The summed E-state index contributed by atoms with van der Waals surface area (Å²) in [6.45, 7) is 0.431. The number of rotatable bonds is 3. The van der Waals surface area contributed by atoms with Crippen LogP contribution >= 0.6 is 0 Å². The summed E-state index contributed by atoms with van der Waals surface area (Å²) in [5, 5.41) is 11.8. The molecule has 0 radical (unpaired) electrons. The summed E-state index contributed by atoms with van der Waals surface area (Å²) < 4.78 is 7.39. The number of carbonyl (C=O) groups is 3. The molecule has 0 saturated heterocycles. The number of allylic oxidation sites excluding steroid dienone is 1. The molecule has 1 aliphatic heterocycles. The number of nitrogens with zero attached hydrogens (tertiary/aromatic N) is 1. The van der Waals surface area contributed by atoms with Crippen molar-refractivity contribution in [1.29, 1.82) is 0 Å². The predicted molar refractivity (Wildman–Crippen MR) is 111 cm³/mol. The molecule has 148 valence electrons. The third kappa shape index (κ3) is 2.06. The lowest BCUT2D eigenvalue weighted by Crippen LogP contribution is -2.05. The van der Waals surface area contributed by atoms with E-state index in [1.54, 1.807) is 6.08 Å². The van der Waals surface area contributed by atoms with E-state index >= 15 is 0 Å². The monoisotopic (exact) mass is 400 g/mol. The van der Waals surface area contributed by atoms with Crippen molar-refractivity contribution in [3.8, 4) is 0 Å². The van der Waals surface area contributed by atoms with Crippen molar-refractivity contribution in [1.82, 2.24) is 9.55 Å². The highest BCUT2D eigenvalue weighted by molar-refractivity contribution is 6.27. The zero-order chi connectivity index (χ0) is 20.6. The molecule has 4 aromatic rings. The fraction of sp³-hybridized carbons (Fsp3) is 0.174. The molecule has 0 atom stereocenters. The Balaban J connectivity index is 1.87. The Morgan fingerprint density at radius 2 is 2.03 bits per heavy atom. The summed E-state index contributed by atoms with van der Waals surface area (Å²) in [7, 11) is 0. The van der Waals surface area contributed by atoms with Crippen molar-refractivity contribution in [3.63, 3.8) is 0 Å². The van der Waals surface area contributed by atoms with E-state index in [9.17, 15) is 19.5 Å². The highest BCUT2D eigenvalue weighted by Crippen LogP contribution is 2.44. The molecule has 1 aliphatic carbocycles. The molecule has 2 aromatic heterocycles. The lowest BCUT2D eigenvalue weighted by molar-refractivity contribution is -0.137. The third-order valence-corrected chi connectivity index (χ3v) is 6.07. The van der Waals surface area contributed by atoms with Crippen molar-refractivity contribution in [3.05, 3.63) is 52.7 Å². The van der Waals surface area contributed by atoms with Crippen LogP contribution in [0.2, 0.25) is 0 Å². The quantitative estimate of drug-likeness (QED) is 0.506. The first-order chi connectivity index (χ1) is 14.6. The Hall–Kier alpha value is -3.87. The minimum atomic E-state index is -0.888. The van der Waals surface area contributed by atoms with Crippen molar-refractivity contribution < 1.29 is 24.2 Å². The van der Waals surface area contributed by atoms with Gasteiger partial charge in [-0.25, -0.2) is 4.79 Å². The molecule has 0 amide bonds. The van der Waals surface area contributed by atoms with E-state index < -0.39 is 11.9 Å². The minimum absolute atomic E-state index is 0.0369. The highest BCUT2D eigenvalue weighted by atomic mass is 16.5. The number of aliphatic carboxylic acids is 1. The molecule has 3 heterocycles. The van der Waals surface area contributed by atoms with E-state index in [2.05, 4.69) is 4.98 Å². The molecule has 7 heteroatoms. The van der Waals surface area contributed by atoms with E-state index in [4.69, 9.17) is 4.74 Å². The van der Waals surface area contributed by atoms with E-state index in [0.29, 0.717) is 34.1 Å². The number of hydrogen-bond acceptors (Lipinski definition) is 4. The van der Waals surface area contributed by atoms with Gasteiger partial charge in [-0.1, -0.05) is 30.4 Å². The molecule has 30 heavy (non-hydrogen) atoms. The average molecular weight is 400 g/mol. The Bertz CT molecular complexity index is 1480. The maximum Gasteiger partial charge on any atom is 0.339 e. The summed E-state index contributed by atoms with van der Waals surface area (Å²) in [5.41, 5.74) is 4.84. The fourth-order valence-corrected chi connectivity index (χ4v) is 4.89. The molecular formula is C23H16N2O5. The van der Waals surface area contributed by atoms with Crippen LogP contribution in [0, 0.1) is 0 Å². The van der Waals surface area contributed by atoms with Gasteiger partial charge in [0.2, 0.25) is 0 Å². The molecule has 2 aliphatic rings. The molecular weight excluding hydrogens is 384 g/mol. The van der Waals surface area contributed by atoms with E-state index in [-0.39, 0.29) is 25.4 Å². The van der Waals surface area contributed by atoms with E-state index in [0.717, 1.165) is 27.4 Å². The number of aryl methyl sites for hydroxylation is 1. The maximum atomic E-state index is 12.7. The van der Waals surface area contributed by atoms with Gasteiger partial charge in [0.15, 0.2) is 5.78 Å². The van der Waals surface area contributed by atoms with Gasteiger partial charge in [0.05, 0.1) is 28.7 Å². The Morgan fingerprint density at radius 3 is 2.87 bits per heavy atom. The lowest BCUT2D eigenvalue weighted by Gasteiger charge is -2.08. The second-order valence-electron chi connectivity index (χ2n) is 7.66. The lowest BCUT2D eigenvalue weighted by atomic mass is 9.94. The predicted octanol–water partition coefficient (Wildman–Crippen LogP) is 4.02. The number of H-pyrrole nitrogens is 1. The van der Waals surface area contributed by atoms with Crippen LogP contribution in [0.4, 0.5) is 0 Å². The molecule has 0 bridgehead atoms. The molecule has 2 aromatic carbocycles. The summed E-state index contributed by atoms with van der Waals surface area (Å²) in [6, 6.07) is 7.74. The smallest absolute Gasteiger partial charge is 0.339 e. The molecule has 0 spiro atoms. The first-order valence-corrected chi connectivity index (χ1v) is 9.76. The van der Waals surface area contributed by atoms with Gasteiger partial charge >= 0.3 is 11.9 Å². The Kier molecular flexibility index (Phi) is 3.30. The average Bonchev–Trinajstić information content (AvgIpc) is 3.39. The van der Waals surface area contributed by atoms with Crippen LogP contribution in [0.3, 0.4) is 0 Å². The SMILES string of the molecule is O=C(O)CCn1c2ccccc2c2c3c(c4c5c([nH]c4c21)C(=O)CC=C5)C(=O)OC3. The number of benzene rings is 2. The van der Waals surface area contributed by atoms with Gasteiger partial charge in [0, 0.05) is 45.8 Å². The summed E-state index contributed by atoms with van der Waals surface area (Å²) >= 11 is 0. The van der Waals surface area contributed by atoms with Crippen molar-refractivity contribution in [2.45, 2.75) is 26.0 Å². The number of esters is 1. The van der Waals surface area contributed by atoms with Crippen LogP contribution in [-0.2, 0) is 22.7 Å². The van der Waals surface area contributed by atoms with Crippen LogP contribution in [0.5, 0.6) is 0 Å². The Morgan fingerprint density at radius 1 is 1.20 bits per heavy atom. The molecule has 0 fully saturated rings. The molecule has 7 nitrogen and oxygen atoms in total. The van der Waals surface area contributed by atoms with Crippen LogP contribution in [0.1, 0.15) is 44.8 Å². The normalized spacial score (nSPS) is 15.2. The summed E-state index contributed by atoms with van der Waals surface area (Å²) in [6.07, 6.45) is 3.94. The number of para-hydroxylation sites is 1. The maximum absolute atomic E-state index is 12.7. The number of carbonyl (C=O) groups excluding carboxylic acids is 2. The first kappa shape index (κ1) is 17.0. The second kappa shape index (κ2) is 5.82. The van der Waals surface area contributed by atoms with Gasteiger partial charge < -0.3 is 19.4 Å².